The molecule has 0 amide bonds. The summed E-state index contributed by atoms with van der Waals surface area (Å²) in [5.74, 6) is -0.970. The highest BCUT2D eigenvalue weighted by molar-refractivity contribution is 6.36. The maximum atomic E-state index is 11.1. The van der Waals surface area contributed by atoms with Crippen molar-refractivity contribution in [3.8, 4) is 11.3 Å². The van der Waals surface area contributed by atoms with Gasteiger partial charge in [0.05, 0.1) is 21.3 Å². The molecular formula is C16H9Cl2NO2. The van der Waals surface area contributed by atoms with E-state index in [1.807, 2.05) is 18.2 Å². The molecule has 0 aliphatic heterocycles. The van der Waals surface area contributed by atoms with Gasteiger partial charge in [-0.25, -0.2) is 4.79 Å². The van der Waals surface area contributed by atoms with Crippen LogP contribution in [0.1, 0.15) is 10.4 Å². The first-order valence-electron chi connectivity index (χ1n) is 6.14. The van der Waals surface area contributed by atoms with Gasteiger partial charge in [-0.15, -0.1) is 0 Å². The molecule has 1 N–H and O–H groups in total. The summed E-state index contributed by atoms with van der Waals surface area (Å²) in [6, 6.07) is 12.2. The van der Waals surface area contributed by atoms with E-state index < -0.39 is 5.97 Å². The number of carboxylic acid groups (broad SMARTS) is 1. The van der Waals surface area contributed by atoms with Gasteiger partial charge in [0.25, 0.3) is 0 Å². The lowest BCUT2D eigenvalue weighted by molar-refractivity contribution is 0.0697. The molecule has 0 aliphatic rings. The number of hydrogen-bond donors (Lipinski definition) is 1. The van der Waals surface area contributed by atoms with Gasteiger partial charge in [-0.05, 0) is 29.0 Å². The molecule has 104 valence electrons. The van der Waals surface area contributed by atoms with Crippen molar-refractivity contribution in [1.82, 2.24) is 4.98 Å². The monoisotopic (exact) mass is 317 g/mol. The molecule has 0 saturated carbocycles. The van der Waals surface area contributed by atoms with Gasteiger partial charge in [-0.3, -0.25) is 4.98 Å². The number of carboxylic acids is 1. The third-order valence-corrected chi connectivity index (χ3v) is 3.69. The van der Waals surface area contributed by atoms with Crippen molar-refractivity contribution in [3.63, 3.8) is 0 Å². The predicted molar refractivity (Wildman–Crippen MR) is 84.2 cm³/mol. The van der Waals surface area contributed by atoms with Crippen LogP contribution in [0.2, 0.25) is 10.0 Å². The number of halogens is 2. The summed E-state index contributed by atoms with van der Waals surface area (Å²) in [4.78, 5) is 15.4. The first-order chi connectivity index (χ1) is 10.1. The molecule has 3 nitrogen and oxygen atoms in total. The lowest BCUT2D eigenvalue weighted by Gasteiger charge is -2.09. The van der Waals surface area contributed by atoms with Crippen LogP contribution in [0.15, 0.2) is 48.7 Å². The number of aromatic carboxylic acids is 1. The van der Waals surface area contributed by atoms with Crippen LogP contribution in [-0.4, -0.2) is 16.1 Å². The van der Waals surface area contributed by atoms with Crippen LogP contribution in [0.25, 0.3) is 22.0 Å². The second-order valence-corrected chi connectivity index (χ2v) is 5.37. The fourth-order valence-corrected chi connectivity index (χ4v) is 2.71. The molecule has 1 aromatic heterocycles. The van der Waals surface area contributed by atoms with E-state index in [0.29, 0.717) is 15.7 Å². The summed E-state index contributed by atoms with van der Waals surface area (Å²) < 4.78 is 0. The number of rotatable bonds is 2. The first-order valence-corrected chi connectivity index (χ1v) is 6.89. The minimum Gasteiger partial charge on any atom is -0.478 e. The van der Waals surface area contributed by atoms with E-state index in [4.69, 9.17) is 28.3 Å². The van der Waals surface area contributed by atoms with Crippen molar-refractivity contribution < 1.29 is 9.90 Å². The van der Waals surface area contributed by atoms with Crippen LogP contribution in [-0.2, 0) is 0 Å². The zero-order valence-electron chi connectivity index (χ0n) is 10.7. The van der Waals surface area contributed by atoms with Crippen molar-refractivity contribution in [2.24, 2.45) is 0 Å². The minimum absolute atomic E-state index is 0.222. The number of pyridine rings is 1. The van der Waals surface area contributed by atoms with Gasteiger partial charge < -0.3 is 5.11 Å². The molecule has 5 heteroatoms. The van der Waals surface area contributed by atoms with Gasteiger partial charge in [0.2, 0.25) is 0 Å². The molecule has 0 radical (unpaired) electrons. The van der Waals surface area contributed by atoms with E-state index >= 15 is 0 Å². The number of carbonyl (C=O) groups is 1. The largest absolute Gasteiger partial charge is 0.478 e. The average molecular weight is 318 g/mol. The maximum Gasteiger partial charge on any atom is 0.335 e. The highest BCUT2D eigenvalue weighted by Crippen LogP contribution is 2.33. The van der Waals surface area contributed by atoms with Gasteiger partial charge in [0, 0.05) is 11.8 Å². The van der Waals surface area contributed by atoms with Crippen molar-refractivity contribution in [3.05, 3.63) is 64.3 Å². The first kappa shape index (κ1) is 13.9. The Morgan fingerprint density at radius 1 is 1.10 bits per heavy atom. The molecule has 1 heterocycles. The van der Waals surface area contributed by atoms with E-state index in [0.717, 1.165) is 16.3 Å². The lowest BCUT2D eigenvalue weighted by atomic mass is 9.99. The van der Waals surface area contributed by atoms with E-state index in [9.17, 15) is 4.79 Å². The molecule has 0 aliphatic carbocycles. The normalized spacial score (nSPS) is 10.8. The van der Waals surface area contributed by atoms with E-state index in [1.165, 1.54) is 6.20 Å². The van der Waals surface area contributed by atoms with Crippen molar-refractivity contribution in [2.45, 2.75) is 0 Å². The molecule has 0 saturated heterocycles. The van der Waals surface area contributed by atoms with Crippen LogP contribution in [0.4, 0.5) is 0 Å². The Morgan fingerprint density at radius 3 is 2.62 bits per heavy atom. The van der Waals surface area contributed by atoms with Gasteiger partial charge in [0.1, 0.15) is 0 Å². The highest BCUT2D eigenvalue weighted by Gasteiger charge is 2.11. The Morgan fingerprint density at radius 2 is 1.90 bits per heavy atom. The van der Waals surface area contributed by atoms with Crippen LogP contribution in [0.5, 0.6) is 0 Å². The van der Waals surface area contributed by atoms with E-state index in [1.54, 1.807) is 24.3 Å². The summed E-state index contributed by atoms with van der Waals surface area (Å²) in [5.41, 5.74) is 1.58. The SMILES string of the molecule is O=C(O)c1ccc2cccc(-c3ncc(Cl)cc3Cl)c2c1. The average Bonchev–Trinajstić information content (AvgIpc) is 2.46. The molecule has 0 spiro atoms. The Labute approximate surface area is 130 Å². The molecule has 0 bridgehead atoms. The number of fused-ring (bicyclic) bond motifs is 1. The smallest absolute Gasteiger partial charge is 0.335 e. The Balaban J connectivity index is 2.31. The Bertz CT molecular complexity index is 862. The van der Waals surface area contributed by atoms with Crippen LogP contribution < -0.4 is 0 Å². The molecule has 21 heavy (non-hydrogen) atoms. The zero-order valence-corrected chi connectivity index (χ0v) is 12.2. The van der Waals surface area contributed by atoms with Gasteiger partial charge in [0.15, 0.2) is 0 Å². The maximum absolute atomic E-state index is 11.1. The van der Waals surface area contributed by atoms with Crippen molar-refractivity contribution in [1.29, 1.82) is 0 Å². The molecule has 3 rings (SSSR count). The van der Waals surface area contributed by atoms with E-state index in [2.05, 4.69) is 4.98 Å². The standard InChI is InChI=1S/C16H9Cl2NO2/c17-11-7-14(18)15(19-8-11)12-3-1-2-9-4-5-10(16(20)21)6-13(9)12/h1-8H,(H,20,21). The quantitative estimate of drug-likeness (QED) is 0.730. The Hall–Kier alpha value is -2.10. The molecule has 0 atom stereocenters. The van der Waals surface area contributed by atoms with Gasteiger partial charge >= 0.3 is 5.97 Å². The summed E-state index contributed by atoms with van der Waals surface area (Å²) in [6.07, 6.45) is 1.52. The van der Waals surface area contributed by atoms with Gasteiger partial charge in [-0.1, -0.05) is 47.5 Å². The second-order valence-electron chi connectivity index (χ2n) is 4.53. The second kappa shape index (κ2) is 5.35. The lowest BCUT2D eigenvalue weighted by Crippen LogP contribution is -1.96. The number of aromatic nitrogens is 1. The number of benzene rings is 2. The summed E-state index contributed by atoms with van der Waals surface area (Å²) in [6.45, 7) is 0. The molecular weight excluding hydrogens is 309 g/mol. The molecule has 0 unspecified atom stereocenters. The summed E-state index contributed by atoms with van der Waals surface area (Å²) >= 11 is 12.1. The van der Waals surface area contributed by atoms with Crippen LogP contribution in [0, 0.1) is 0 Å². The summed E-state index contributed by atoms with van der Waals surface area (Å²) in [7, 11) is 0. The molecule has 0 fully saturated rings. The van der Waals surface area contributed by atoms with Crippen molar-refractivity contribution in [2.75, 3.05) is 0 Å². The third kappa shape index (κ3) is 2.58. The Kier molecular flexibility index (Phi) is 3.53. The van der Waals surface area contributed by atoms with Crippen LogP contribution >= 0.6 is 23.2 Å². The fraction of sp³-hybridized carbons (Fsp3) is 0. The topological polar surface area (TPSA) is 50.2 Å². The summed E-state index contributed by atoms with van der Waals surface area (Å²) in [5, 5.41) is 11.7. The number of hydrogen-bond acceptors (Lipinski definition) is 2. The minimum atomic E-state index is -0.970. The zero-order chi connectivity index (χ0) is 15.0. The number of nitrogens with zero attached hydrogens (tertiary/aromatic N) is 1. The van der Waals surface area contributed by atoms with Gasteiger partial charge in [-0.2, -0.15) is 0 Å². The molecule has 3 aromatic rings. The molecule has 2 aromatic carbocycles. The van der Waals surface area contributed by atoms with Crippen LogP contribution in [0.3, 0.4) is 0 Å². The van der Waals surface area contributed by atoms with Crippen molar-refractivity contribution >= 4 is 39.9 Å². The fourth-order valence-electron chi connectivity index (χ4n) is 2.22. The highest BCUT2D eigenvalue weighted by atomic mass is 35.5. The van der Waals surface area contributed by atoms with E-state index in [-0.39, 0.29) is 5.56 Å². The predicted octanol–water partition coefficient (Wildman–Crippen LogP) is 4.91. The third-order valence-electron chi connectivity index (χ3n) is 3.19.